The molecule has 3 nitrogen and oxygen atoms in total. The molecule has 0 aliphatic heterocycles. The summed E-state index contributed by atoms with van der Waals surface area (Å²) in [5, 5.41) is 3.49. The zero-order valence-corrected chi connectivity index (χ0v) is 12.0. The molecule has 3 atom stereocenters. The van der Waals surface area contributed by atoms with E-state index in [4.69, 9.17) is 5.73 Å². The van der Waals surface area contributed by atoms with Crippen molar-refractivity contribution in [3.8, 4) is 5.75 Å². The van der Waals surface area contributed by atoms with Crippen LogP contribution < -0.4 is 15.8 Å². The van der Waals surface area contributed by atoms with Gasteiger partial charge in [0.15, 0.2) is 0 Å². The first kappa shape index (κ1) is 16.1. The zero-order valence-electron chi connectivity index (χ0n) is 12.0. The van der Waals surface area contributed by atoms with Crippen molar-refractivity contribution in [3.05, 3.63) is 29.8 Å². The summed E-state index contributed by atoms with van der Waals surface area (Å²) in [6.45, 7) is 2.63. The third kappa shape index (κ3) is 4.89. The predicted molar refractivity (Wildman–Crippen MR) is 74.9 cm³/mol. The first-order valence-electron chi connectivity index (χ1n) is 7.19. The van der Waals surface area contributed by atoms with E-state index in [2.05, 4.69) is 17.0 Å². The third-order valence-electron chi connectivity index (χ3n) is 3.88. The minimum Gasteiger partial charge on any atom is -0.406 e. The fourth-order valence-corrected chi connectivity index (χ4v) is 2.85. The molecule has 0 amide bonds. The van der Waals surface area contributed by atoms with Crippen LogP contribution in [0.15, 0.2) is 24.3 Å². The van der Waals surface area contributed by atoms with Crippen molar-refractivity contribution in [2.45, 2.75) is 44.6 Å². The summed E-state index contributed by atoms with van der Waals surface area (Å²) in [7, 11) is 0. The van der Waals surface area contributed by atoms with Gasteiger partial charge in [0, 0.05) is 18.6 Å². The Kier molecular flexibility index (Phi) is 5.11. The predicted octanol–water partition coefficient (Wildman–Crippen LogP) is 3.36. The summed E-state index contributed by atoms with van der Waals surface area (Å²) >= 11 is 0. The molecule has 118 valence electrons. The van der Waals surface area contributed by atoms with Gasteiger partial charge in [-0.2, -0.15) is 0 Å². The molecule has 1 aliphatic rings. The molecule has 0 bridgehead atoms. The smallest absolute Gasteiger partial charge is 0.406 e. The van der Waals surface area contributed by atoms with Crippen LogP contribution in [0.2, 0.25) is 0 Å². The van der Waals surface area contributed by atoms with E-state index in [1.807, 2.05) is 0 Å². The Morgan fingerprint density at radius 3 is 2.43 bits per heavy atom. The summed E-state index contributed by atoms with van der Waals surface area (Å²) < 4.78 is 40.2. The van der Waals surface area contributed by atoms with Crippen LogP contribution in [0.5, 0.6) is 5.75 Å². The van der Waals surface area contributed by atoms with Crippen LogP contribution in [-0.4, -0.2) is 18.9 Å². The van der Waals surface area contributed by atoms with Crippen LogP contribution >= 0.6 is 0 Å². The van der Waals surface area contributed by atoms with E-state index in [-0.39, 0.29) is 11.8 Å². The first-order chi connectivity index (χ1) is 9.87. The van der Waals surface area contributed by atoms with Crippen molar-refractivity contribution in [1.82, 2.24) is 5.32 Å². The van der Waals surface area contributed by atoms with E-state index in [1.165, 1.54) is 18.6 Å². The van der Waals surface area contributed by atoms with Crippen LogP contribution in [-0.2, 0) is 0 Å². The standard InChI is InChI=1S/C15H21F3N2O/c1-10-2-5-12(8-10)20-14(9-19)11-3-6-13(7-4-11)21-15(16,17)18/h3-4,6-7,10,12,14,20H,2,5,8-9,19H2,1H3. The van der Waals surface area contributed by atoms with Crippen LogP contribution in [0.3, 0.4) is 0 Å². The Morgan fingerprint density at radius 1 is 1.29 bits per heavy atom. The second-order valence-corrected chi connectivity index (χ2v) is 5.69. The molecule has 1 aliphatic carbocycles. The van der Waals surface area contributed by atoms with Gasteiger partial charge < -0.3 is 15.8 Å². The average molecular weight is 302 g/mol. The molecule has 6 heteroatoms. The van der Waals surface area contributed by atoms with Crippen LogP contribution in [0.1, 0.15) is 37.8 Å². The van der Waals surface area contributed by atoms with Crippen molar-refractivity contribution in [2.24, 2.45) is 11.7 Å². The highest BCUT2D eigenvalue weighted by Crippen LogP contribution is 2.28. The van der Waals surface area contributed by atoms with E-state index >= 15 is 0 Å². The molecule has 0 heterocycles. The van der Waals surface area contributed by atoms with Crippen molar-refractivity contribution < 1.29 is 17.9 Å². The SMILES string of the molecule is CC1CCC(NC(CN)c2ccc(OC(F)(F)F)cc2)C1. The molecule has 21 heavy (non-hydrogen) atoms. The summed E-state index contributed by atoms with van der Waals surface area (Å²) in [5.41, 5.74) is 6.66. The Balaban J connectivity index is 1.98. The summed E-state index contributed by atoms with van der Waals surface area (Å²) in [6.07, 6.45) is -1.22. The van der Waals surface area contributed by atoms with Crippen LogP contribution in [0.25, 0.3) is 0 Å². The number of nitrogens with one attached hydrogen (secondary N) is 1. The average Bonchev–Trinajstić information content (AvgIpc) is 2.81. The monoisotopic (exact) mass is 302 g/mol. The van der Waals surface area contributed by atoms with Gasteiger partial charge in [-0.25, -0.2) is 0 Å². The van der Waals surface area contributed by atoms with Gasteiger partial charge >= 0.3 is 6.36 Å². The topological polar surface area (TPSA) is 47.3 Å². The molecule has 0 saturated heterocycles. The zero-order chi connectivity index (χ0) is 15.5. The minimum atomic E-state index is -4.66. The molecule has 2 rings (SSSR count). The lowest BCUT2D eigenvalue weighted by Gasteiger charge is -2.22. The Hall–Kier alpha value is -1.27. The highest BCUT2D eigenvalue weighted by atomic mass is 19.4. The van der Waals surface area contributed by atoms with E-state index < -0.39 is 6.36 Å². The van der Waals surface area contributed by atoms with E-state index in [1.54, 1.807) is 12.1 Å². The summed E-state index contributed by atoms with van der Waals surface area (Å²) in [6, 6.07) is 6.29. The lowest BCUT2D eigenvalue weighted by Crippen LogP contribution is -2.35. The van der Waals surface area contributed by atoms with Crippen molar-refractivity contribution >= 4 is 0 Å². The lowest BCUT2D eigenvalue weighted by molar-refractivity contribution is -0.274. The second-order valence-electron chi connectivity index (χ2n) is 5.69. The fraction of sp³-hybridized carbons (Fsp3) is 0.600. The maximum absolute atomic E-state index is 12.1. The minimum absolute atomic E-state index is 0.0414. The molecule has 3 unspecified atom stereocenters. The number of alkyl halides is 3. The van der Waals surface area contributed by atoms with Gasteiger partial charge in [-0.15, -0.1) is 13.2 Å². The number of halogens is 3. The van der Waals surface area contributed by atoms with Gasteiger partial charge in [-0.3, -0.25) is 0 Å². The summed E-state index contributed by atoms with van der Waals surface area (Å²) in [5.74, 6) is 0.500. The Labute approximate surface area is 122 Å². The highest BCUT2D eigenvalue weighted by Gasteiger charge is 2.31. The first-order valence-corrected chi connectivity index (χ1v) is 7.19. The fourth-order valence-electron chi connectivity index (χ4n) is 2.85. The largest absolute Gasteiger partial charge is 0.573 e. The normalized spacial score (nSPS) is 24.0. The van der Waals surface area contributed by atoms with Gasteiger partial charge in [0.2, 0.25) is 0 Å². The molecule has 1 aromatic carbocycles. The molecule has 0 spiro atoms. The van der Waals surface area contributed by atoms with Gasteiger partial charge in [0.25, 0.3) is 0 Å². The van der Waals surface area contributed by atoms with E-state index in [9.17, 15) is 13.2 Å². The number of hydrogen-bond donors (Lipinski definition) is 2. The molecule has 1 fully saturated rings. The Morgan fingerprint density at radius 2 is 1.95 bits per heavy atom. The van der Waals surface area contributed by atoms with E-state index in [0.29, 0.717) is 18.5 Å². The number of hydrogen-bond acceptors (Lipinski definition) is 3. The van der Waals surface area contributed by atoms with Crippen LogP contribution in [0, 0.1) is 5.92 Å². The van der Waals surface area contributed by atoms with Gasteiger partial charge in [-0.05, 0) is 42.9 Å². The second kappa shape index (κ2) is 6.66. The van der Waals surface area contributed by atoms with E-state index in [0.717, 1.165) is 18.4 Å². The quantitative estimate of drug-likeness (QED) is 0.876. The molecule has 1 saturated carbocycles. The van der Waals surface area contributed by atoms with Crippen molar-refractivity contribution in [1.29, 1.82) is 0 Å². The molecular weight excluding hydrogens is 281 g/mol. The van der Waals surface area contributed by atoms with Gasteiger partial charge in [0.1, 0.15) is 5.75 Å². The maximum atomic E-state index is 12.1. The molecule has 1 aromatic rings. The third-order valence-corrected chi connectivity index (χ3v) is 3.88. The Bertz CT molecular complexity index is 447. The molecule has 0 radical (unpaired) electrons. The molecular formula is C15H21F3N2O. The van der Waals surface area contributed by atoms with Gasteiger partial charge in [0.05, 0.1) is 0 Å². The number of benzene rings is 1. The number of nitrogens with two attached hydrogens (primary N) is 1. The van der Waals surface area contributed by atoms with Crippen molar-refractivity contribution in [2.75, 3.05) is 6.54 Å². The summed E-state index contributed by atoms with van der Waals surface area (Å²) in [4.78, 5) is 0. The van der Waals surface area contributed by atoms with Crippen molar-refractivity contribution in [3.63, 3.8) is 0 Å². The molecule has 3 N–H and O–H groups in total. The van der Waals surface area contributed by atoms with Gasteiger partial charge in [-0.1, -0.05) is 19.1 Å². The molecule has 0 aromatic heterocycles. The maximum Gasteiger partial charge on any atom is 0.573 e. The lowest BCUT2D eigenvalue weighted by atomic mass is 10.0. The number of ether oxygens (including phenoxy) is 1. The highest BCUT2D eigenvalue weighted by molar-refractivity contribution is 5.29. The number of rotatable bonds is 5. The van der Waals surface area contributed by atoms with Crippen LogP contribution in [0.4, 0.5) is 13.2 Å².